The number of rotatable bonds is 3. The maximum absolute atomic E-state index is 13.0. The molecule has 1 aromatic carbocycles. The standard InChI is InChI=1S/C14H19BrFNO/c1-3-14(2)9-11(6-7-18-14)17-13-5-4-10(16)8-12(13)15/h4-5,8,11,17H,3,6-7,9H2,1-2H3. The van der Waals surface area contributed by atoms with Gasteiger partial charge in [0, 0.05) is 22.8 Å². The Kier molecular flexibility index (Phi) is 4.28. The number of anilines is 1. The number of nitrogens with one attached hydrogen (secondary N) is 1. The normalized spacial score (nSPS) is 28.1. The van der Waals surface area contributed by atoms with Gasteiger partial charge in [-0.05, 0) is 60.3 Å². The van der Waals surface area contributed by atoms with Crippen molar-refractivity contribution < 1.29 is 9.13 Å². The minimum absolute atomic E-state index is 0.0393. The minimum Gasteiger partial charge on any atom is -0.381 e. The molecule has 18 heavy (non-hydrogen) atoms. The topological polar surface area (TPSA) is 21.3 Å². The van der Waals surface area contributed by atoms with E-state index in [1.165, 1.54) is 12.1 Å². The predicted molar refractivity (Wildman–Crippen MR) is 75.4 cm³/mol. The van der Waals surface area contributed by atoms with Gasteiger partial charge in [0.15, 0.2) is 0 Å². The summed E-state index contributed by atoms with van der Waals surface area (Å²) in [4.78, 5) is 0. The second-order valence-electron chi connectivity index (χ2n) is 5.11. The van der Waals surface area contributed by atoms with Gasteiger partial charge in [-0.1, -0.05) is 6.92 Å². The van der Waals surface area contributed by atoms with Gasteiger partial charge in [-0.3, -0.25) is 0 Å². The third-order valence-corrected chi connectivity index (χ3v) is 4.29. The predicted octanol–water partition coefficient (Wildman–Crippen LogP) is 4.35. The van der Waals surface area contributed by atoms with E-state index in [0.717, 1.165) is 36.0 Å². The van der Waals surface area contributed by atoms with Crippen LogP contribution in [-0.2, 0) is 4.74 Å². The highest BCUT2D eigenvalue weighted by molar-refractivity contribution is 9.10. The highest BCUT2D eigenvalue weighted by Gasteiger charge is 2.31. The van der Waals surface area contributed by atoms with Gasteiger partial charge in [-0.25, -0.2) is 4.39 Å². The average Bonchev–Trinajstić information content (AvgIpc) is 2.33. The summed E-state index contributed by atoms with van der Waals surface area (Å²) in [6.07, 6.45) is 2.97. The molecule has 0 spiro atoms. The lowest BCUT2D eigenvalue weighted by Crippen LogP contribution is -2.41. The summed E-state index contributed by atoms with van der Waals surface area (Å²) >= 11 is 3.39. The molecule has 4 heteroatoms. The fraction of sp³-hybridized carbons (Fsp3) is 0.571. The Morgan fingerprint density at radius 2 is 2.33 bits per heavy atom. The molecule has 1 saturated heterocycles. The fourth-order valence-electron chi connectivity index (χ4n) is 2.33. The molecular formula is C14H19BrFNO. The van der Waals surface area contributed by atoms with Crippen molar-refractivity contribution >= 4 is 21.6 Å². The monoisotopic (exact) mass is 315 g/mol. The Balaban J connectivity index is 2.05. The van der Waals surface area contributed by atoms with E-state index >= 15 is 0 Å². The van der Waals surface area contributed by atoms with Crippen molar-refractivity contribution in [2.75, 3.05) is 11.9 Å². The van der Waals surface area contributed by atoms with Crippen LogP contribution in [0.2, 0.25) is 0 Å². The van der Waals surface area contributed by atoms with Crippen LogP contribution in [-0.4, -0.2) is 18.2 Å². The van der Waals surface area contributed by atoms with Gasteiger partial charge in [0.2, 0.25) is 0 Å². The molecule has 1 N–H and O–H groups in total. The molecule has 1 fully saturated rings. The zero-order valence-corrected chi connectivity index (χ0v) is 12.4. The maximum Gasteiger partial charge on any atom is 0.124 e. The smallest absolute Gasteiger partial charge is 0.124 e. The molecule has 1 aliphatic rings. The van der Waals surface area contributed by atoms with Crippen LogP contribution in [0, 0.1) is 5.82 Å². The van der Waals surface area contributed by atoms with Crippen LogP contribution in [0.3, 0.4) is 0 Å². The van der Waals surface area contributed by atoms with Crippen molar-refractivity contribution in [1.29, 1.82) is 0 Å². The van der Waals surface area contributed by atoms with E-state index in [9.17, 15) is 4.39 Å². The van der Waals surface area contributed by atoms with Crippen LogP contribution in [0.15, 0.2) is 22.7 Å². The quantitative estimate of drug-likeness (QED) is 0.895. The molecule has 2 atom stereocenters. The van der Waals surface area contributed by atoms with Crippen LogP contribution < -0.4 is 5.32 Å². The molecule has 2 unspecified atom stereocenters. The van der Waals surface area contributed by atoms with Crippen molar-refractivity contribution in [3.8, 4) is 0 Å². The highest BCUT2D eigenvalue weighted by Crippen LogP contribution is 2.31. The van der Waals surface area contributed by atoms with E-state index < -0.39 is 0 Å². The molecule has 0 radical (unpaired) electrons. The summed E-state index contributed by atoms with van der Waals surface area (Å²) < 4.78 is 19.6. The first-order valence-electron chi connectivity index (χ1n) is 6.38. The number of ether oxygens (including phenoxy) is 1. The van der Waals surface area contributed by atoms with Gasteiger partial charge >= 0.3 is 0 Å². The molecule has 100 valence electrons. The molecule has 0 bridgehead atoms. The fourth-order valence-corrected chi connectivity index (χ4v) is 2.79. The molecule has 2 rings (SSSR count). The minimum atomic E-state index is -0.224. The molecule has 0 aliphatic carbocycles. The van der Waals surface area contributed by atoms with E-state index in [1.54, 1.807) is 6.07 Å². The van der Waals surface area contributed by atoms with Gasteiger partial charge in [0.05, 0.1) is 5.60 Å². The number of hydrogen-bond acceptors (Lipinski definition) is 2. The van der Waals surface area contributed by atoms with E-state index in [2.05, 4.69) is 35.1 Å². The van der Waals surface area contributed by atoms with Gasteiger partial charge in [-0.15, -0.1) is 0 Å². The maximum atomic E-state index is 13.0. The lowest BCUT2D eigenvalue weighted by atomic mass is 9.90. The van der Waals surface area contributed by atoms with Crippen LogP contribution in [0.25, 0.3) is 0 Å². The Labute approximate surface area is 116 Å². The van der Waals surface area contributed by atoms with Gasteiger partial charge in [0.25, 0.3) is 0 Å². The average molecular weight is 316 g/mol. The molecule has 1 heterocycles. The summed E-state index contributed by atoms with van der Waals surface area (Å²) in [5.41, 5.74) is 0.907. The first-order valence-corrected chi connectivity index (χ1v) is 7.17. The summed E-state index contributed by atoms with van der Waals surface area (Å²) in [5.74, 6) is -0.224. The summed E-state index contributed by atoms with van der Waals surface area (Å²) in [6, 6.07) is 5.12. The lowest BCUT2D eigenvalue weighted by molar-refractivity contribution is -0.0708. The first kappa shape index (κ1) is 13.8. The zero-order chi connectivity index (χ0) is 13.2. The third-order valence-electron chi connectivity index (χ3n) is 3.63. The first-order chi connectivity index (χ1) is 8.52. The molecule has 0 amide bonds. The second kappa shape index (κ2) is 5.57. The van der Waals surface area contributed by atoms with E-state index in [-0.39, 0.29) is 11.4 Å². The lowest BCUT2D eigenvalue weighted by Gasteiger charge is -2.38. The highest BCUT2D eigenvalue weighted by atomic mass is 79.9. The molecule has 1 aliphatic heterocycles. The number of halogens is 2. The van der Waals surface area contributed by atoms with Crippen molar-refractivity contribution in [2.24, 2.45) is 0 Å². The Morgan fingerprint density at radius 3 is 3.00 bits per heavy atom. The SMILES string of the molecule is CCC1(C)CC(Nc2ccc(F)cc2Br)CCO1. The van der Waals surface area contributed by atoms with E-state index in [4.69, 9.17) is 4.74 Å². The van der Waals surface area contributed by atoms with Crippen molar-refractivity contribution in [3.05, 3.63) is 28.5 Å². The van der Waals surface area contributed by atoms with Crippen LogP contribution in [0.1, 0.15) is 33.1 Å². The van der Waals surface area contributed by atoms with Crippen LogP contribution in [0.5, 0.6) is 0 Å². The zero-order valence-electron chi connectivity index (χ0n) is 10.8. The Bertz CT molecular complexity index is 426. The largest absolute Gasteiger partial charge is 0.381 e. The number of hydrogen-bond donors (Lipinski definition) is 1. The van der Waals surface area contributed by atoms with Crippen molar-refractivity contribution in [1.82, 2.24) is 0 Å². The molecule has 1 aromatic rings. The molecule has 2 nitrogen and oxygen atoms in total. The Hall–Kier alpha value is -0.610. The summed E-state index contributed by atoms with van der Waals surface area (Å²) in [6.45, 7) is 5.08. The second-order valence-corrected chi connectivity index (χ2v) is 5.96. The van der Waals surface area contributed by atoms with E-state index in [0.29, 0.717) is 6.04 Å². The molecular weight excluding hydrogens is 297 g/mol. The van der Waals surface area contributed by atoms with Crippen molar-refractivity contribution in [3.63, 3.8) is 0 Å². The van der Waals surface area contributed by atoms with Crippen molar-refractivity contribution in [2.45, 2.75) is 44.8 Å². The van der Waals surface area contributed by atoms with Crippen LogP contribution >= 0.6 is 15.9 Å². The van der Waals surface area contributed by atoms with E-state index in [1.807, 2.05) is 0 Å². The third kappa shape index (κ3) is 3.23. The van der Waals surface area contributed by atoms with Gasteiger partial charge < -0.3 is 10.1 Å². The Morgan fingerprint density at radius 1 is 1.56 bits per heavy atom. The summed E-state index contributed by atoms with van der Waals surface area (Å²) in [5, 5.41) is 3.47. The molecule has 0 aromatic heterocycles. The van der Waals surface area contributed by atoms with Gasteiger partial charge in [-0.2, -0.15) is 0 Å². The van der Waals surface area contributed by atoms with Crippen LogP contribution in [0.4, 0.5) is 10.1 Å². The summed E-state index contributed by atoms with van der Waals surface area (Å²) in [7, 11) is 0. The number of benzene rings is 1. The molecule has 0 saturated carbocycles. The van der Waals surface area contributed by atoms with Gasteiger partial charge in [0.1, 0.15) is 5.82 Å².